The maximum atomic E-state index is 6.33. The maximum absolute atomic E-state index is 6.33. The smallest absolute Gasteiger partial charge is 0.0956 e. The molecule has 1 aliphatic rings. The van der Waals surface area contributed by atoms with E-state index in [0.29, 0.717) is 12.0 Å². The standard InChI is InChI=1S/C16H25NO/c1-4-13(5-2)15-10-17-11-16(18-15)14-9-7-6-8-12(14)3/h6-9,13,15-17H,4-5,10-11H2,1-3H3. The van der Waals surface area contributed by atoms with Crippen LogP contribution in [0.2, 0.25) is 0 Å². The Balaban J connectivity index is 2.09. The topological polar surface area (TPSA) is 21.3 Å². The van der Waals surface area contributed by atoms with E-state index in [-0.39, 0.29) is 6.10 Å². The van der Waals surface area contributed by atoms with E-state index < -0.39 is 0 Å². The number of hydrogen-bond donors (Lipinski definition) is 1. The van der Waals surface area contributed by atoms with Crippen LogP contribution in [0.1, 0.15) is 43.9 Å². The van der Waals surface area contributed by atoms with Gasteiger partial charge in [-0.1, -0.05) is 51.0 Å². The Morgan fingerprint density at radius 1 is 1.22 bits per heavy atom. The largest absolute Gasteiger partial charge is 0.367 e. The highest BCUT2D eigenvalue weighted by Gasteiger charge is 2.28. The fourth-order valence-electron chi connectivity index (χ4n) is 2.89. The first-order chi connectivity index (χ1) is 8.76. The number of rotatable bonds is 4. The van der Waals surface area contributed by atoms with Crippen LogP contribution in [0.15, 0.2) is 24.3 Å². The molecule has 1 saturated heterocycles. The Kier molecular flexibility index (Phi) is 4.79. The van der Waals surface area contributed by atoms with Crippen LogP contribution in [0.25, 0.3) is 0 Å². The molecule has 2 heteroatoms. The summed E-state index contributed by atoms with van der Waals surface area (Å²) in [6, 6.07) is 8.55. The van der Waals surface area contributed by atoms with Gasteiger partial charge in [0.15, 0.2) is 0 Å². The van der Waals surface area contributed by atoms with E-state index in [4.69, 9.17) is 4.74 Å². The molecule has 2 unspecified atom stereocenters. The number of ether oxygens (including phenoxy) is 1. The summed E-state index contributed by atoms with van der Waals surface area (Å²) in [5.74, 6) is 0.671. The molecule has 0 saturated carbocycles. The molecule has 18 heavy (non-hydrogen) atoms. The highest BCUT2D eigenvalue weighted by atomic mass is 16.5. The molecule has 2 rings (SSSR count). The van der Waals surface area contributed by atoms with Crippen molar-refractivity contribution in [2.45, 2.75) is 45.8 Å². The van der Waals surface area contributed by atoms with Crippen molar-refractivity contribution in [1.29, 1.82) is 0 Å². The maximum Gasteiger partial charge on any atom is 0.0956 e. The summed E-state index contributed by atoms with van der Waals surface area (Å²) in [6.45, 7) is 8.61. The van der Waals surface area contributed by atoms with Crippen molar-refractivity contribution in [3.05, 3.63) is 35.4 Å². The lowest BCUT2D eigenvalue weighted by Crippen LogP contribution is -2.44. The van der Waals surface area contributed by atoms with Gasteiger partial charge in [-0.15, -0.1) is 0 Å². The van der Waals surface area contributed by atoms with Crippen LogP contribution in [-0.2, 0) is 4.74 Å². The lowest BCUT2D eigenvalue weighted by Gasteiger charge is -2.35. The van der Waals surface area contributed by atoms with Crippen molar-refractivity contribution < 1.29 is 4.74 Å². The first kappa shape index (κ1) is 13.6. The summed E-state index contributed by atoms with van der Waals surface area (Å²) in [4.78, 5) is 0. The van der Waals surface area contributed by atoms with Crippen LogP contribution in [0.4, 0.5) is 0 Å². The lowest BCUT2D eigenvalue weighted by atomic mass is 9.94. The predicted octanol–water partition coefficient (Wildman–Crippen LogP) is 3.46. The van der Waals surface area contributed by atoms with Crippen LogP contribution < -0.4 is 5.32 Å². The van der Waals surface area contributed by atoms with Crippen molar-refractivity contribution in [3.8, 4) is 0 Å². The fraction of sp³-hybridized carbons (Fsp3) is 0.625. The summed E-state index contributed by atoms with van der Waals surface area (Å²) in [6.07, 6.45) is 2.97. The van der Waals surface area contributed by atoms with Gasteiger partial charge in [-0.25, -0.2) is 0 Å². The van der Waals surface area contributed by atoms with Gasteiger partial charge in [0.25, 0.3) is 0 Å². The molecule has 1 aliphatic heterocycles. The van der Waals surface area contributed by atoms with E-state index in [2.05, 4.69) is 50.4 Å². The summed E-state index contributed by atoms with van der Waals surface area (Å²) in [5.41, 5.74) is 2.66. The zero-order valence-electron chi connectivity index (χ0n) is 11.8. The van der Waals surface area contributed by atoms with Gasteiger partial charge in [0.05, 0.1) is 12.2 Å². The minimum absolute atomic E-state index is 0.213. The molecule has 0 spiro atoms. The molecule has 2 nitrogen and oxygen atoms in total. The van der Waals surface area contributed by atoms with Crippen molar-refractivity contribution in [3.63, 3.8) is 0 Å². The number of benzene rings is 1. The van der Waals surface area contributed by atoms with Crippen LogP contribution >= 0.6 is 0 Å². The van der Waals surface area contributed by atoms with Crippen molar-refractivity contribution in [2.24, 2.45) is 5.92 Å². The second-order valence-electron chi connectivity index (χ2n) is 5.25. The summed E-state index contributed by atoms with van der Waals surface area (Å²) >= 11 is 0. The first-order valence-electron chi connectivity index (χ1n) is 7.18. The summed E-state index contributed by atoms with van der Waals surface area (Å²) in [5, 5.41) is 3.53. The molecule has 1 heterocycles. The van der Waals surface area contributed by atoms with Gasteiger partial charge in [-0.3, -0.25) is 0 Å². The average molecular weight is 247 g/mol. The SMILES string of the molecule is CCC(CC)C1CNCC(c2ccccc2C)O1. The Bertz CT molecular complexity index is 373. The average Bonchev–Trinajstić information content (AvgIpc) is 2.41. The first-order valence-corrected chi connectivity index (χ1v) is 7.18. The monoisotopic (exact) mass is 247 g/mol. The lowest BCUT2D eigenvalue weighted by molar-refractivity contribution is -0.0690. The van der Waals surface area contributed by atoms with Gasteiger partial charge >= 0.3 is 0 Å². The van der Waals surface area contributed by atoms with Crippen molar-refractivity contribution >= 4 is 0 Å². The molecule has 0 amide bonds. The fourth-order valence-corrected chi connectivity index (χ4v) is 2.89. The molecule has 0 radical (unpaired) electrons. The Labute approximate surface area is 111 Å². The van der Waals surface area contributed by atoms with Gasteiger partial charge < -0.3 is 10.1 Å². The van der Waals surface area contributed by atoms with Crippen LogP contribution in [0, 0.1) is 12.8 Å². The number of nitrogens with one attached hydrogen (secondary N) is 1. The molecular weight excluding hydrogens is 222 g/mol. The van der Waals surface area contributed by atoms with Gasteiger partial charge in [-0.05, 0) is 24.0 Å². The predicted molar refractivity (Wildman–Crippen MR) is 75.7 cm³/mol. The quantitative estimate of drug-likeness (QED) is 0.879. The summed E-state index contributed by atoms with van der Waals surface area (Å²) < 4.78 is 6.33. The molecule has 1 aromatic rings. The molecule has 1 N–H and O–H groups in total. The van der Waals surface area contributed by atoms with Crippen LogP contribution in [-0.4, -0.2) is 19.2 Å². The zero-order valence-corrected chi connectivity index (χ0v) is 11.8. The number of hydrogen-bond acceptors (Lipinski definition) is 2. The van der Waals surface area contributed by atoms with Gasteiger partial charge in [0, 0.05) is 13.1 Å². The third-order valence-corrected chi connectivity index (χ3v) is 4.12. The van der Waals surface area contributed by atoms with E-state index in [1.807, 2.05) is 0 Å². The third kappa shape index (κ3) is 2.93. The van der Waals surface area contributed by atoms with Crippen LogP contribution in [0.5, 0.6) is 0 Å². The van der Waals surface area contributed by atoms with Crippen molar-refractivity contribution in [1.82, 2.24) is 5.32 Å². The summed E-state index contributed by atoms with van der Waals surface area (Å²) in [7, 11) is 0. The zero-order chi connectivity index (χ0) is 13.0. The molecule has 0 bridgehead atoms. The molecular formula is C16H25NO. The Morgan fingerprint density at radius 3 is 2.61 bits per heavy atom. The van der Waals surface area contributed by atoms with E-state index >= 15 is 0 Å². The second-order valence-corrected chi connectivity index (χ2v) is 5.25. The number of aryl methyl sites for hydroxylation is 1. The highest BCUT2D eigenvalue weighted by molar-refractivity contribution is 5.28. The molecule has 1 aromatic carbocycles. The minimum Gasteiger partial charge on any atom is -0.367 e. The van der Waals surface area contributed by atoms with Crippen molar-refractivity contribution in [2.75, 3.05) is 13.1 Å². The van der Waals surface area contributed by atoms with Gasteiger partial charge in [-0.2, -0.15) is 0 Å². The Morgan fingerprint density at radius 2 is 1.94 bits per heavy atom. The third-order valence-electron chi connectivity index (χ3n) is 4.12. The van der Waals surface area contributed by atoms with Crippen LogP contribution in [0.3, 0.4) is 0 Å². The van der Waals surface area contributed by atoms with Gasteiger partial charge in [0.2, 0.25) is 0 Å². The molecule has 0 aromatic heterocycles. The molecule has 0 aliphatic carbocycles. The number of morpholine rings is 1. The molecule has 1 fully saturated rings. The Hall–Kier alpha value is -0.860. The second kappa shape index (κ2) is 6.35. The van der Waals surface area contributed by atoms with E-state index in [0.717, 1.165) is 13.1 Å². The molecule has 2 atom stereocenters. The van der Waals surface area contributed by atoms with Gasteiger partial charge in [0.1, 0.15) is 0 Å². The van der Waals surface area contributed by atoms with E-state index in [1.54, 1.807) is 0 Å². The highest BCUT2D eigenvalue weighted by Crippen LogP contribution is 2.28. The molecule has 100 valence electrons. The minimum atomic E-state index is 0.213. The van der Waals surface area contributed by atoms with E-state index in [1.165, 1.54) is 24.0 Å². The van der Waals surface area contributed by atoms with E-state index in [9.17, 15) is 0 Å². The normalized spacial score (nSPS) is 24.4.